The lowest BCUT2D eigenvalue weighted by molar-refractivity contribution is -0.128. The molecule has 0 atom stereocenters. The summed E-state index contributed by atoms with van der Waals surface area (Å²) >= 11 is 1.45. The minimum atomic E-state index is 0.149. The lowest BCUT2D eigenvalue weighted by atomic mass is 10.2. The number of carbonyl (C=O) groups excluding carboxylic acids is 1. The number of rotatable bonds is 6. The van der Waals surface area contributed by atoms with Gasteiger partial charge in [0.1, 0.15) is 0 Å². The highest BCUT2D eigenvalue weighted by atomic mass is 32.2. The second-order valence-electron chi connectivity index (χ2n) is 6.78. The molecular weight excluding hydrogens is 384 g/mol. The van der Waals surface area contributed by atoms with Gasteiger partial charge in [0.15, 0.2) is 11.0 Å². The molecule has 0 bridgehead atoms. The monoisotopic (exact) mass is 408 g/mol. The average molecular weight is 409 g/mol. The first-order valence-electron chi connectivity index (χ1n) is 9.80. The molecule has 4 rings (SSSR count). The number of pyridine rings is 1. The van der Waals surface area contributed by atoms with E-state index >= 15 is 0 Å². The lowest BCUT2D eigenvalue weighted by Crippen LogP contribution is -2.49. The predicted octanol–water partition coefficient (Wildman–Crippen LogP) is 2.80. The highest BCUT2D eigenvalue weighted by Crippen LogP contribution is 2.24. The number of nitrogens with zero attached hydrogens (tertiary/aromatic N) is 6. The number of benzene rings is 1. The number of hydrogen-bond donors (Lipinski definition) is 0. The van der Waals surface area contributed by atoms with Crippen LogP contribution in [0.25, 0.3) is 11.4 Å². The van der Waals surface area contributed by atoms with Crippen LogP contribution in [-0.4, -0.2) is 62.5 Å². The van der Waals surface area contributed by atoms with E-state index in [0.29, 0.717) is 5.75 Å². The van der Waals surface area contributed by atoms with Gasteiger partial charge in [0.05, 0.1) is 5.75 Å². The summed E-state index contributed by atoms with van der Waals surface area (Å²) in [5.41, 5.74) is 2.14. The summed E-state index contributed by atoms with van der Waals surface area (Å²) < 4.78 is 2.03. The largest absolute Gasteiger partial charge is 0.368 e. The summed E-state index contributed by atoms with van der Waals surface area (Å²) in [5, 5.41) is 9.38. The van der Waals surface area contributed by atoms with Crippen molar-refractivity contribution in [3.8, 4) is 11.4 Å². The topological polar surface area (TPSA) is 67.2 Å². The van der Waals surface area contributed by atoms with E-state index in [1.165, 1.54) is 17.4 Å². The number of hydrogen-bond acceptors (Lipinski definition) is 6. The van der Waals surface area contributed by atoms with Crippen LogP contribution >= 0.6 is 11.8 Å². The van der Waals surface area contributed by atoms with Gasteiger partial charge < -0.3 is 14.4 Å². The number of carbonyl (C=O) groups is 1. The predicted molar refractivity (Wildman–Crippen MR) is 115 cm³/mol. The number of anilines is 1. The minimum Gasteiger partial charge on any atom is -0.368 e. The molecule has 1 aliphatic rings. The third kappa shape index (κ3) is 4.42. The molecule has 1 saturated heterocycles. The summed E-state index contributed by atoms with van der Waals surface area (Å²) in [5.74, 6) is 1.31. The number of aromatic nitrogens is 4. The van der Waals surface area contributed by atoms with Crippen molar-refractivity contribution in [2.75, 3.05) is 36.8 Å². The fourth-order valence-electron chi connectivity index (χ4n) is 3.46. The Bertz CT molecular complexity index is 938. The minimum absolute atomic E-state index is 0.149. The van der Waals surface area contributed by atoms with Crippen LogP contribution < -0.4 is 4.90 Å². The van der Waals surface area contributed by atoms with Gasteiger partial charge in [-0.25, -0.2) is 0 Å². The second-order valence-corrected chi connectivity index (χ2v) is 7.73. The first kappa shape index (κ1) is 19.4. The SMILES string of the molecule is CCn1c(SCC(=O)N2CCN(c3ccccc3)CC2)nnc1-c1cccnc1. The molecule has 3 heterocycles. The quantitative estimate of drug-likeness (QED) is 0.585. The molecule has 8 heteroatoms. The normalized spacial score (nSPS) is 14.2. The summed E-state index contributed by atoms with van der Waals surface area (Å²) in [6.45, 7) is 6.00. The van der Waals surface area contributed by atoms with Gasteiger partial charge in [-0.3, -0.25) is 9.78 Å². The number of piperazine rings is 1. The smallest absolute Gasteiger partial charge is 0.233 e. The van der Waals surface area contributed by atoms with Crippen LogP contribution in [0.4, 0.5) is 5.69 Å². The van der Waals surface area contributed by atoms with Gasteiger partial charge in [-0.05, 0) is 31.2 Å². The number of amides is 1. The summed E-state index contributed by atoms with van der Waals surface area (Å²) in [4.78, 5) is 21.1. The molecule has 2 aromatic heterocycles. The van der Waals surface area contributed by atoms with Gasteiger partial charge in [-0.2, -0.15) is 0 Å². The van der Waals surface area contributed by atoms with E-state index in [1.807, 2.05) is 39.8 Å². The van der Waals surface area contributed by atoms with Crippen LogP contribution in [0.2, 0.25) is 0 Å². The highest BCUT2D eigenvalue weighted by Gasteiger charge is 2.22. The van der Waals surface area contributed by atoms with E-state index in [1.54, 1.807) is 12.4 Å². The molecule has 0 saturated carbocycles. The van der Waals surface area contributed by atoms with Crippen molar-refractivity contribution in [2.24, 2.45) is 0 Å². The molecule has 0 aliphatic carbocycles. The third-order valence-electron chi connectivity index (χ3n) is 5.03. The van der Waals surface area contributed by atoms with E-state index in [9.17, 15) is 4.79 Å². The van der Waals surface area contributed by atoms with E-state index in [-0.39, 0.29) is 5.91 Å². The molecular formula is C21H24N6OS. The fourth-order valence-corrected chi connectivity index (χ4v) is 4.36. The third-order valence-corrected chi connectivity index (χ3v) is 5.98. The van der Waals surface area contributed by atoms with E-state index < -0.39 is 0 Å². The Morgan fingerprint density at radius 1 is 1.03 bits per heavy atom. The van der Waals surface area contributed by atoms with Gasteiger partial charge in [-0.1, -0.05) is 30.0 Å². The first-order valence-corrected chi connectivity index (χ1v) is 10.8. The molecule has 0 radical (unpaired) electrons. The Labute approximate surface area is 174 Å². The van der Waals surface area contributed by atoms with Crippen LogP contribution in [-0.2, 0) is 11.3 Å². The van der Waals surface area contributed by atoms with Gasteiger partial charge in [0, 0.05) is 56.4 Å². The molecule has 150 valence electrons. The first-order chi connectivity index (χ1) is 14.3. The zero-order valence-electron chi connectivity index (χ0n) is 16.4. The molecule has 7 nitrogen and oxygen atoms in total. The van der Waals surface area contributed by atoms with Crippen LogP contribution in [0.5, 0.6) is 0 Å². The van der Waals surface area contributed by atoms with Crippen molar-refractivity contribution in [1.29, 1.82) is 0 Å². The van der Waals surface area contributed by atoms with Crippen LogP contribution in [0.15, 0.2) is 60.0 Å². The van der Waals surface area contributed by atoms with E-state index in [2.05, 4.69) is 39.1 Å². The van der Waals surface area contributed by atoms with Crippen molar-refractivity contribution in [2.45, 2.75) is 18.6 Å². The van der Waals surface area contributed by atoms with Gasteiger partial charge in [-0.15, -0.1) is 10.2 Å². The Kier molecular flexibility index (Phi) is 6.09. The summed E-state index contributed by atoms with van der Waals surface area (Å²) in [6.07, 6.45) is 3.52. The van der Waals surface area contributed by atoms with Crippen molar-refractivity contribution in [3.63, 3.8) is 0 Å². The maximum absolute atomic E-state index is 12.7. The van der Waals surface area contributed by atoms with Crippen molar-refractivity contribution in [1.82, 2.24) is 24.6 Å². The Hall–Kier alpha value is -2.87. The maximum Gasteiger partial charge on any atom is 0.233 e. The Morgan fingerprint density at radius 3 is 2.52 bits per heavy atom. The molecule has 0 spiro atoms. The standard InChI is InChI=1S/C21H24N6OS/c1-2-27-20(17-7-6-10-22-15-17)23-24-21(27)29-16-19(28)26-13-11-25(12-14-26)18-8-4-3-5-9-18/h3-10,15H,2,11-14,16H2,1H3. The van der Waals surface area contributed by atoms with Crippen molar-refractivity contribution in [3.05, 3.63) is 54.9 Å². The Morgan fingerprint density at radius 2 is 1.83 bits per heavy atom. The number of thioether (sulfide) groups is 1. The molecule has 1 aromatic carbocycles. The van der Waals surface area contributed by atoms with Crippen LogP contribution in [0.1, 0.15) is 6.92 Å². The van der Waals surface area contributed by atoms with Gasteiger partial charge in [0.25, 0.3) is 0 Å². The van der Waals surface area contributed by atoms with Gasteiger partial charge >= 0.3 is 0 Å². The zero-order chi connectivity index (χ0) is 20.1. The fraction of sp³-hybridized carbons (Fsp3) is 0.333. The maximum atomic E-state index is 12.7. The van der Waals surface area contributed by atoms with Gasteiger partial charge in [0.2, 0.25) is 5.91 Å². The molecule has 1 amide bonds. The molecule has 0 N–H and O–H groups in total. The Balaban J connectivity index is 1.34. The zero-order valence-corrected chi connectivity index (χ0v) is 17.3. The molecule has 1 fully saturated rings. The summed E-state index contributed by atoms with van der Waals surface area (Å²) in [6, 6.07) is 14.2. The molecule has 3 aromatic rings. The van der Waals surface area contributed by atoms with Crippen molar-refractivity contribution >= 4 is 23.4 Å². The molecule has 0 unspecified atom stereocenters. The number of para-hydroxylation sites is 1. The highest BCUT2D eigenvalue weighted by molar-refractivity contribution is 7.99. The summed E-state index contributed by atoms with van der Waals surface area (Å²) in [7, 11) is 0. The molecule has 1 aliphatic heterocycles. The van der Waals surface area contributed by atoms with E-state index in [4.69, 9.17) is 0 Å². The molecule has 29 heavy (non-hydrogen) atoms. The van der Waals surface area contributed by atoms with E-state index in [0.717, 1.165) is 49.3 Å². The lowest BCUT2D eigenvalue weighted by Gasteiger charge is -2.36. The van der Waals surface area contributed by atoms with Crippen molar-refractivity contribution < 1.29 is 4.79 Å². The van der Waals surface area contributed by atoms with Crippen LogP contribution in [0, 0.1) is 0 Å². The average Bonchev–Trinajstić information content (AvgIpc) is 3.21. The second kappa shape index (κ2) is 9.09. The van der Waals surface area contributed by atoms with Crippen LogP contribution in [0.3, 0.4) is 0 Å².